The highest BCUT2D eigenvalue weighted by Gasteiger charge is 2.50. The van der Waals surface area contributed by atoms with Crippen molar-refractivity contribution in [1.82, 2.24) is 4.90 Å². The standard InChI is InChI=1S/C22H36N2O4/c1-21(2,3)24(19(25)14-20-26-11-12-27-20)18-6-4-5-16(13-18)7-8-17-15-22(9-10-22)28-23-17/h16,18,20H,4-15H2,1-3H3. The van der Waals surface area contributed by atoms with Crippen LogP contribution < -0.4 is 0 Å². The topological polar surface area (TPSA) is 60.4 Å². The van der Waals surface area contributed by atoms with Crippen molar-refractivity contribution >= 4 is 11.6 Å². The molecule has 2 aliphatic heterocycles. The minimum Gasteiger partial charge on any atom is -0.389 e. The van der Waals surface area contributed by atoms with E-state index >= 15 is 0 Å². The first-order chi connectivity index (χ1) is 13.3. The van der Waals surface area contributed by atoms with Crippen LogP contribution in [-0.2, 0) is 19.1 Å². The van der Waals surface area contributed by atoms with E-state index in [4.69, 9.17) is 14.3 Å². The van der Waals surface area contributed by atoms with Gasteiger partial charge in [-0.05, 0) is 65.2 Å². The highest BCUT2D eigenvalue weighted by molar-refractivity contribution is 5.86. The minimum absolute atomic E-state index is 0.101. The molecule has 2 saturated carbocycles. The van der Waals surface area contributed by atoms with Gasteiger partial charge in [-0.15, -0.1) is 0 Å². The van der Waals surface area contributed by atoms with Crippen LogP contribution in [0.1, 0.15) is 85.0 Å². The third-order valence-electron chi connectivity index (χ3n) is 6.69. The van der Waals surface area contributed by atoms with Crippen molar-refractivity contribution in [3.8, 4) is 0 Å². The summed E-state index contributed by atoms with van der Waals surface area (Å²) in [7, 11) is 0. The van der Waals surface area contributed by atoms with E-state index in [-0.39, 0.29) is 23.3 Å². The van der Waals surface area contributed by atoms with Gasteiger partial charge in [0.25, 0.3) is 0 Å². The molecule has 4 aliphatic rings. The Balaban J connectivity index is 1.32. The molecule has 6 heteroatoms. The Morgan fingerprint density at radius 3 is 2.61 bits per heavy atom. The van der Waals surface area contributed by atoms with Crippen molar-refractivity contribution in [2.24, 2.45) is 11.1 Å². The highest BCUT2D eigenvalue weighted by Crippen LogP contribution is 2.47. The molecule has 2 heterocycles. The average Bonchev–Trinajstić information content (AvgIpc) is 3.01. The Hall–Kier alpha value is -1.14. The van der Waals surface area contributed by atoms with E-state index in [0.29, 0.717) is 31.6 Å². The summed E-state index contributed by atoms with van der Waals surface area (Å²) in [6.07, 6.45) is 10.2. The Morgan fingerprint density at radius 2 is 1.96 bits per heavy atom. The summed E-state index contributed by atoms with van der Waals surface area (Å²) in [5, 5.41) is 4.34. The van der Waals surface area contributed by atoms with Gasteiger partial charge in [0.2, 0.25) is 5.91 Å². The summed E-state index contributed by atoms with van der Waals surface area (Å²) >= 11 is 0. The molecule has 6 nitrogen and oxygen atoms in total. The molecule has 0 bridgehead atoms. The largest absolute Gasteiger partial charge is 0.389 e. The molecule has 3 fully saturated rings. The second-order valence-electron chi connectivity index (χ2n) is 10.1. The van der Waals surface area contributed by atoms with Crippen LogP contribution in [0.3, 0.4) is 0 Å². The molecule has 0 radical (unpaired) electrons. The molecule has 0 aromatic rings. The maximum atomic E-state index is 13.1. The zero-order chi connectivity index (χ0) is 19.8. The van der Waals surface area contributed by atoms with Crippen LogP contribution in [0.4, 0.5) is 0 Å². The van der Waals surface area contributed by atoms with Crippen LogP contribution in [0.25, 0.3) is 0 Å². The molecule has 1 spiro atoms. The third-order valence-corrected chi connectivity index (χ3v) is 6.69. The van der Waals surface area contributed by atoms with E-state index in [1.54, 1.807) is 0 Å². The summed E-state index contributed by atoms with van der Waals surface area (Å²) < 4.78 is 11.0. The van der Waals surface area contributed by atoms with E-state index < -0.39 is 0 Å². The first kappa shape index (κ1) is 20.1. The number of hydrogen-bond acceptors (Lipinski definition) is 5. The zero-order valence-electron chi connectivity index (χ0n) is 17.7. The van der Waals surface area contributed by atoms with Gasteiger partial charge >= 0.3 is 0 Å². The van der Waals surface area contributed by atoms with Gasteiger partial charge in [0, 0.05) is 18.0 Å². The normalized spacial score (nSPS) is 29.6. The van der Waals surface area contributed by atoms with E-state index in [1.807, 2.05) is 0 Å². The number of carbonyl (C=O) groups excluding carboxylic acids is 1. The van der Waals surface area contributed by atoms with Gasteiger partial charge < -0.3 is 19.2 Å². The molecule has 2 atom stereocenters. The van der Waals surface area contributed by atoms with Crippen molar-refractivity contribution < 1.29 is 19.1 Å². The number of amides is 1. The second-order valence-corrected chi connectivity index (χ2v) is 10.1. The summed E-state index contributed by atoms with van der Waals surface area (Å²) in [6, 6.07) is 0.309. The number of ether oxygens (including phenoxy) is 2. The van der Waals surface area contributed by atoms with Crippen molar-refractivity contribution in [1.29, 1.82) is 0 Å². The Morgan fingerprint density at radius 1 is 1.21 bits per heavy atom. The molecule has 2 unspecified atom stereocenters. The van der Waals surface area contributed by atoms with Gasteiger partial charge in [0.15, 0.2) is 6.29 Å². The third kappa shape index (κ3) is 4.70. The molecule has 0 aromatic heterocycles. The maximum absolute atomic E-state index is 13.1. The van der Waals surface area contributed by atoms with Gasteiger partial charge in [0.05, 0.1) is 25.3 Å². The van der Waals surface area contributed by atoms with Crippen molar-refractivity contribution in [3.05, 3.63) is 0 Å². The summed E-state index contributed by atoms with van der Waals surface area (Å²) in [5.41, 5.74) is 1.16. The Kier molecular flexibility index (Phi) is 5.71. The van der Waals surface area contributed by atoms with Crippen LogP contribution in [0, 0.1) is 5.92 Å². The smallest absolute Gasteiger partial charge is 0.228 e. The van der Waals surface area contributed by atoms with Crippen molar-refractivity contribution in [2.45, 2.75) is 108 Å². The second kappa shape index (κ2) is 7.94. The van der Waals surface area contributed by atoms with Crippen LogP contribution in [0.15, 0.2) is 5.16 Å². The van der Waals surface area contributed by atoms with Gasteiger partial charge in [-0.1, -0.05) is 18.0 Å². The van der Waals surface area contributed by atoms with Gasteiger partial charge in [-0.3, -0.25) is 4.79 Å². The number of oxime groups is 1. The summed E-state index contributed by atoms with van der Waals surface area (Å²) in [5.74, 6) is 0.822. The number of carbonyl (C=O) groups is 1. The highest BCUT2D eigenvalue weighted by atomic mass is 16.7. The molecule has 0 aromatic carbocycles. The monoisotopic (exact) mass is 392 g/mol. The SMILES string of the molecule is CC(C)(C)N(C(=O)CC1OCCO1)C1CCCC(CCC2=NOC3(CC3)C2)C1. The lowest BCUT2D eigenvalue weighted by Crippen LogP contribution is -2.53. The van der Waals surface area contributed by atoms with E-state index in [1.165, 1.54) is 31.4 Å². The molecule has 1 saturated heterocycles. The first-order valence-corrected chi connectivity index (χ1v) is 11.1. The Labute approximate surface area is 168 Å². The number of nitrogens with zero attached hydrogens (tertiary/aromatic N) is 2. The predicted octanol–water partition coefficient (Wildman–Crippen LogP) is 4.02. The molecule has 1 amide bonds. The van der Waals surface area contributed by atoms with Crippen LogP contribution in [-0.4, -0.2) is 53.2 Å². The molecular formula is C22H36N2O4. The quantitative estimate of drug-likeness (QED) is 0.685. The lowest BCUT2D eigenvalue weighted by molar-refractivity contribution is -0.148. The summed E-state index contributed by atoms with van der Waals surface area (Å²) in [4.78, 5) is 20.9. The maximum Gasteiger partial charge on any atom is 0.228 e. The Bertz CT molecular complexity index is 602. The van der Waals surface area contributed by atoms with E-state index in [9.17, 15) is 4.79 Å². The number of rotatable bonds is 6. The fraction of sp³-hybridized carbons (Fsp3) is 0.909. The number of hydrogen-bond donors (Lipinski definition) is 0. The zero-order valence-corrected chi connectivity index (χ0v) is 17.7. The lowest BCUT2D eigenvalue weighted by Gasteiger charge is -2.45. The molecule has 0 N–H and O–H groups in total. The molecule has 2 aliphatic carbocycles. The minimum atomic E-state index is -0.369. The van der Waals surface area contributed by atoms with Crippen LogP contribution in [0.5, 0.6) is 0 Å². The van der Waals surface area contributed by atoms with Crippen molar-refractivity contribution in [3.63, 3.8) is 0 Å². The fourth-order valence-corrected chi connectivity index (χ4v) is 5.16. The van der Waals surface area contributed by atoms with Gasteiger partial charge in [0.1, 0.15) is 5.60 Å². The molecular weight excluding hydrogens is 356 g/mol. The summed E-state index contributed by atoms with van der Waals surface area (Å²) in [6.45, 7) is 7.61. The van der Waals surface area contributed by atoms with E-state index in [2.05, 4.69) is 30.8 Å². The van der Waals surface area contributed by atoms with Crippen molar-refractivity contribution in [2.75, 3.05) is 13.2 Å². The average molecular weight is 393 g/mol. The molecule has 28 heavy (non-hydrogen) atoms. The van der Waals surface area contributed by atoms with Crippen LogP contribution >= 0.6 is 0 Å². The lowest BCUT2D eigenvalue weighted by atomic mass is 9.80. The predicted molar refractivity (Wildman–Crippen MR) is 107 cm³/mol. The van der Waals surface area contributed by atoms with Gasteiger partial charge in [-0.25, -0.2) is 0 Å². The molecule has 158 valence electrons. The first-order valence-electron chi connectivity index (χ1n) is 11.1. The van der Waals surface area contributed by atoms with Crippen LogP contribution in [0.2, 0.25) is 0 Å². The van der Waals surface area contributed by atoms with E-state index in [0.717, 1.165) is 32.1 Å². The molecule has 4 rings (SSSR count). The van der Waals surface area contributed by atoms with Gasteiger partial charge in [-0.2, -0.15) is 0 Å². The fourth-order valence-electron chi connectivity index (χ4n) is 5.16.